The highest BCUT2D eigenvalue weighted by Gasteiger charge is 2.38. The molecule has 0 bridgehead atoms. The minimum absolute atomic E-state index is 0.0676. The van der Waals surface area contributed by atoms with Crippen LogP contribution in [0.15, 0.2) is 48.7 Å². The Morgan fingerprint density at radius 1 is 1.03 bits per heavy atom. The van der Waals surface area contributed by atoms with Gasteiger partial charge in [-0.05, 0) is 36.5 Å². The summed E-state index contributed by atoms with van der Waals surface area (Å²) in [4.78, 5) is 18.1. The van der Waals surface area contributed by atoms with Crippen molar-refractivity contribution in [2.75, 3.05) is 19.6 Å². The minimum Gasteiger partial charge on any atom is -0.353 e. The number of hydrogen-bond donors (Lipinski definition) is 0. The highest BCUT2D eigenvalue weighted by Crippen LogP contribution is 2.36. The van der Waals surface area contributed by atoms with Gasteiger partial charge in [-0.25, -0.2) is 0 Å². The summed E-state index contributed by atoms with van der Waals surface area (Å²) in [7, 11) is 2.13. The maximum atomic E-state index is 13.3. The molecule has 1 aliphatic carbocycles. The van der Waals surface area contributed by atoms with Gasteiger partial charge in [-0.1, -0.05) is 63.4 Å². The monoisotopic (exact) mass is 421 g/mol. The maximum absolute atomic E-state index is 13.3. The van der Waals surface area contributed by atoms with Crippen molar-refractivity contribution in [1.29, 1.82) is 0 Å². The van der Waals surface area contributed by atoms with Crippen LogP contribution in [0.1, 0.15) is 63.1 Å². The normalized spacial score (nSPS) is 22.8. The molecule has 0 spiro atoms. The van der Waals surface area contributed by atoms with Crippen LogP contribution in [0.25, 0.3) is 0 Å². The number of carbonyl (C=O) groups excluding carboxylic acids is 1. The van der Waals surface area contributed by atoms with Gasteiger partial charge in [-0.3, -0.25) is 9.69 Å². The second-order valence-electron chi connectivity index (χ2n) is 10.0. The van der Waals surface area contributed by atoms with Gasteiger partial charge < -0.3 is 9.47 Å². The average Bonchev–Trinajstić information content (AvgIpc) is 3.38. The predicted molar refractivity (Wildman–Crippen MR) is 127 cm³/mol. The Kier molecular flexibility index (Phi) is 7.16. The molecule has 4 nitrogen and oxygen atoms in total. The fraction of sp³-hybridized carbons (Fsp3) is 0.593. The first-order valence-electron chi connectivity index (χ1n) is 12.2. The molecule has 31 heavy (non-hydrogen) atoms. The molecule has 1 saturated carbocycles. The molecule has 1 aromatic carbocycles. The summed E-state index contributed by atoms with van der Waals surface area (Å²) < 4.78 is 2.22. The van der Waals surface area contributed by atoms with Crippen LogP contribution in [0.3, 0.4) is 0 Å². The van der Waals surface area contributed by atoms with E-state index in [4.69, 9.17) is 0 Å². The Morgan fingerprint density at radius 3 is 2.42 bits per heavy atom. The SMILES string of the molecule is CC(C)C(=O)N(C[C@H]1CN(Cc2cccn2C)C[C@H]1c1ccccc1)C1CCCCC1. The highest BCUT2D eigenvalue weighted by molar-refractivity contribution is 5.78. The van der Waals surface area contributed by atoms with Gasteiger partial charge in [-0.15, -0.1) is 0 Å². The number of aryl methyl sites for hydroxylation is 1. The number of hydrogen-bond acceptors (Lipinski definition) is 2. The van der Waals surface area contributed by atoms with Crippen molar-refractivity contribution in [1.82, 2.24) is 14.4 Å². The van der Waals surface area contributed by atoms with Crippen LogP contribution in [0, 0.1) is 11.8 Å². The smallest absolute Gasteiger partial charge is 0.225 e. The molecule has 1 saturated heterocycles. The quantitative estimate of drug-likeness (QED) is 0.625. The zero-order valence-corrected chi connectivity index (χ0v) is 19.5. The van der Waals surface area contributed by atoms with E-state index in [0.29, 0.717) is 23.8 Å². The standard InChI is InChI=1S/C27H39N3O/c1-21(2)27(31)30(24-13-8-5-9-14-24)18-23-17-29(19-25-15-10-16-28(25)3)20-26(23)22-11-6-4-7-12-22/h4,6-7,10-12,15-16,21,23-24,26H,5,8-9,13-14,17-20H2,1-3H3/t23-,26+/m1/s1. The molecule has 4 rings (SSSR count). The van der Waals surface area contributed by atoms with E-state index in [1.807, 2.05) is 0 Å². The molecular formula is C27H39N3O. The van der Waals surface area contributed by atoms with Crippen molar-refractivity contribution >= 4 is 5.91 Å². The van der Waals surface area contributed by atoms with Gasteiger partial charge in [-0.2, -0.15) is 0 Å². The van der Waals surface area contributed by atoms with Crippen LogP contribution in [0.2, 0.25) is 0 Å². The lowest BCUT2D eigenvalue weighted by Gasteiger charge is -2.38. The Balaban J connectivity index is 1.55. The lowest BCUT2D eigenvalue weighted by Crippen LogP contribution is -2.47. The van der Waals surface area contributed by atoms with Gasteiger partial charge in [0.1, 0.15) is 0 Å². The molecule has 168 valence electrons. The Bertz CT molecular complexity index is 837. The van der Waals surface area contributed by atoms with E-state index in [1.165, 1.54) is 43.4 Å². The second-order valence-corrected chi connectivity index (χ2v) is 10.0. The first-order chi connectivity index (χ1) is 15.0. The fourth-order valence-electron chi connectivity index (χ4n) is 5.64. The molecule has 1 aromatic heterocycles. The number of likely N-dealkylation sites (tertiary alicyclic amines) is 1. The van der Waals surface area contributed by atoms with Crippen molar-refractivity contribution in [3.63, 3.8) is 0 Å². The minimum atomic E-state index is 0.0676. The third-order valence-corrected chi connectivity index (χ3v) is 7.40. The van der Waals surface area contributed by atoms with E-state index < -0.39 is 0 Å². The van der Waals surface area contributed by atoms with E-state index in [9.17, 15) is 4.79 Å². The van der Waals surface area contributed by atoms with Crippen LogP contribution in [0.5, 0.6) is 0 Å². The van der Waals surface area contributed by atoms with E-state index in [2.05, 4.69) is 83.9 Å². The number of aromatic nitrogens is 1. The number of amides is 1. The molecule has 2 atom stereocenters. The molecule has 0 N–H and O–H groups in total. The van der Waals surface area contributed by atoms with Gasteiger partial charge in [0, 0.05) is 63.0 Å². The van der Waals surface area contributed by atoms with Crippen LogP contribution >= 0.6 is 0 Å². The summed E-state index contributed by atoms with van der Waals surface area (Å²) in [6.45, 7) is 8.11. The lowest BCUT2D eigenvalue weighted by molar-refractivity contribution is -0.138. The Labute approximate surface area is 188 Å². The summed E-state index contributed by atoms with van der Waals surface area (Å²) in [5.41, 5.74) is 2.78. The predicted octanol–water partition coefficient (Wildman–Crippen LogP) is 5.06. The molecule has 2 aliphatic rings. The van der Waals surface area contributed by atoms with Crippen molar-refractivity contribution in [2.24, 2.45) is 18.9 Å². The van der Waals surface area contributed by atoms with Crippen molar-refractivity contribution < 1.29 is 4.79 Å². The summed E-state index contributed by atoms with van der Waals surface area (Å²) in [6, 6.07) is 15.8. The molecule has 0 unspecified atom stereocenters. The fourth-order valence-corrected chi connectivity index (χ4v) is 5.64. The van der Waals surface area contributed by atoms with Crippen LogP contribution in [-0.4, -0.2) is 46.0 Å². The van der Waals surface area contributed by atoms with E-state index in [1.54, 1.807) is 0 Å². The zero-order valence-electron chi connectivity index (χ0n) is 19.5. The molecule has 2 heterocycles. The van der Waals surface area contributed by atoms with E-state index >= 15 is 0 Å². The highest BCUT2D eigenvalue weighted by atomic mass is 16.2. The summed E-state index contributed by atoms with van der Waals surface area (Å²) >= 11 is 0. The van der Waals surface area contributed by atoms with Crippen LogP contribution in [-0.2, 0) is 18.4 Å². The van der Waals surface area contributed by atoms with Gasteiger partial charge >= 0.3 is 0 Å². The van der Waals surface area contributed by atoms with Crippen LogP contribution in [0.4, 0.5) is 0 Å². The molecule has 4 heteroatoms. The van der Waals surface area contributed by atoms with E-state index in [-0.39, 0.29) is 5.92 Å². The Morgan fingerprint density at radius 2 is 1.77 bits per heavy atom. The topological polar surface area (TPSA) is 28.5 Å². The van der Waals surface area contributed by atoms with Gasteiger partial charge in [0.05, 0.1) is 0 Å². The van der Waals surface area contributed by atoms with Gasteiger partial charge in [0.2, 0.25) is 5.91 Å². The van der Waals surface area contributed by atoms with Crippen molar-refractivity contribution in [3.8, 4) is 0 Å². The van der Waals surface area contributed by atoms with Gasteiger partial charge in [0.15, 0.2) is 0 Å². The van der Waals surface area contributed by atoms with Crippen molar-refractivity contribution in [3.05, 3.63) is 59.9 Å². The van der Waals surface area contributed by atoms with E-state index in [0.717, 1.165) is 26.2 Å². The third kappa shape index (κ3) is 5.23. The van der Waals surface area contributed by atoms with Gasteiger partial charge in [0.25, 0.3) is 0 Å². The van der Waals surface area contributed by atoms with Crippen LogP contribution < -0.4 is 0 Å². The molecular weight excluding hydrogens is 382 g/mol. The first kappa shape index (κ1) is 22.1. The molecule has 1 aliphatic heterocycles. The maximum Gasteiger partial charge on any atom is 0.225 e. The molecule has 2 fully saturated rings. The number of rotatable bonds is 7. The second kappa shape index (κ2) is 10.0. The number of nitrogens with zero attached hydrogens (tertiary/aromatic N) is 3. The summed E-state index contributed by atoms with van der Waals surface area (Å²) in [6.07, 6.45) is 8.32. The van der Waals surface area contributed by atoms with Crippen molar-refractivity contribution in [2.45, 2.75) is 64.5 Å². The lowest BCUT2D eigenvalue weighted by atomic mass is 9.86. The molecule has 0 radical (unpaired) electrons. The summed E-state index contributed by atoms with van der Waals surface area (Å²) in [5, 5.41) is 0. The average molecular weight is 422 g/mol. The zero-order chi connectivity index (χ0) is 21.8. The summed E-state index contributed by atoms with van der Waals surface area (Å²) in [5.74, 6) is 1.37. The number of benzene rings is 1. The molecule has 1 amide bonds. The molecule has 2 aromatic rings. The first-order valence-corrected chi connectivity index (χ1v) is 12.2. The third-order valence-electron chi connectivity index (χ3n) is 7.40. The largest absolute Gasteiger partial charge is 0.353 e. The Hall–Kier alpha value is -2.07. The number of carbonyl (C=O) groups is 1.